The summed E-state index contributed by atoms with van der Waals surface area (Å²) >= 11 is 0. The van der Waals surface area contributed by atoms with Crippen LogP contribution in [0.4, 0.5) is 5.69 Å². The van der Waals surface area contributed by atoms with E-state index in [1.807, 2.05) is 0 Å². The predicted molar refractivity (Wildman–Crippen MR) is 105 cm³/mol. The van der Waals surface area contributed by atoms with Gasteiger partial charge in [0.25, 0.3) is 5.91 Å². The monoisotopic (exact) mass is 401 g/mol. The first-order valence-corrected chi connectivity index (χ1v) is 8.86. The Morgan fingerprint density at radius 3 is 2.17 bits per heavy atom. The quantitative estimate of drug-likeness (QED) is 0.679. The number of carbonyl (C=O) groups excluding carboxylic acids is 3. The molecule has 1 amide bonds. The largest absolute Gasteiger partial charge is 0.493 e. The van der Waals surface area contributed by atoms with Gasteiger partial charge in [-0.3, -0.25) is 4.79 Å². The van der Waals surface area contributed by atoms with Gasteiger partial charge in [-0.2, -0.15) is 0 Å². The average Bonchev–Trinajstić information content (AvgIpc) is 2.76. The number of carbonyl (C=O) groups is 3. The molecular weight excluding hydrogens is 378 g/mol. The second-order valence-corrected chi connectivity index (χ2v) is 5.90. The van der Waals surface area contributed by atoms with Crippen LogP contribution in [0.25, 0.3) is 0 Å². The Morgan fingerprint density at radius 2 is 1.59 bits per heavy atom. The zero-order valence-electron chi connectivity index (χ0n) is 16.7. The summed E-state index contributed by atoms with van der Waals surface area (Å²) in [5, 5.41) is 2.64. The van der Waals surface area contributed by atoms with E-state index in [0.717, 1.165) is 0 Å². The summed E-state index contributed by atoms with van der Waals surface area (Å²) in [4.78, 5) is 36.7. The third-order valence-corrected chi connectivity index (χ3v) is 4.11. The first-order chi connectivity index (χ1) is 13.9. The number of benzene rings is 2. The third-order valence-electron chi connectivity index (χ3n) is 4.11. The normalized spacial score (nSPS) is 11.2. The summed E-state index contributed by atoms with van der Waals surface area (Å²) in [6.45, 7) is 1.78. The molecule has 2 rings (SSSR count). The lowest BCUT2D eigenvalue weighted by Gasteiger charge is -2.19. The van der Waals surface area contributed by atoms with Crippen molar-refractivity contribution in [2.45, 2.75) is 19.4 Å². The van der Waals surface area contributed by atoms with Gasteiger partial charge < -0.3 is 24.3 Å². The lowest BCUT2D eigenvalue weighted by Crippen LogP contribution is -2.33. The van der Waals surface area contributed by atoms with E-state index in [-0.39, 0.29) is 16.8 Å². The van der Waals surface area contributed by atoms with E-state index < -0.39 is 23.9 Å². The van der Waals surface area contributed by atoms with Crippen molar-refractivity contribution in [3.63, 3.8) is 0 Å². The molecule has 0 heterocycles. The fraction of sp³-hybridized carbons (Fsp3) is 0.286. The van der Waals surface area contributed by atoms with Crippen LogP contribution in [0.1, 0.15) is 34.1 Å². The van der Waals surface area contributed by atoms with Crippen molar-refractivity contribution in [2.24, 2.45) is 0 Å². The maximum atomic E-state index is 12.8. The van der Waals surface area contributed by atoms with Gasteiger partial charge in [0, 0.05) is 0 Å². The molecule has 2 aromatic carbocycles. The van der Waals surface area contributed by atoms with E-state index >= 15 is 0 Å². The molecule has 0 radical (unpaired) electrons. The number of hydrogen-bond donors (Lipinski definition) is 1. The van der Waals surface area contributed by atoms with Crippen molar-refractivity contribution >= 4 is 23.5 Å². The van der Waals surface area contributed by atoms with Gasteiger partial charge in [0.1, 0.15) is 0 Å². The lowest BCUT2D eigenvalue weighted by atomic mass is 10.1. The van der Waals surface area contributed by atoms with E-state index in [2.05, 4.69) is 10.1 Å². The standard InChI is InChI=1S/C21H23NO7/c1-5-16(29-18-9-7-6-8-17(18)26-2)19(23)22-15-12-13(20(24)27-3)10-11-14(15)21(25)28-4/h6-12,16H,5H2,1-4H3,(H,22,23)/t16-/m0/s1. The Labute approximate surface area is 168 Å². The second-order valence-electron chi connectivity index (χ2n) is 5.90. The number of nitrogens with one attached hydrogen (secondary N) is 1. The van der Waals surface area contributed by atoms with Crippen LogP contribution in [0.3, 0.4) is 0 Å². The van der Waals surface area contributed by atoms with Gasteiger partial charge in [-0.15, -0.1) is 0 Å². The predicted octanol–water partition coefficient (Wildman–Crippen LogP) is 3.06. The second kappa shape index (κ2) is 10.1. The van der Waals surface area contributed by atoms with E-state index in [4.69, 9.17) is 14.2 Å². The van der Waals surface area contributed by atoms with Crippen molar-refractivity contribution in [2.75, 3.05) is 26.6 Å². The molecule has 0 bridgehead atoms. The molecule has 0 saturated carbocycles. The number of anilines is 1. The van der Waals surface area contributed by atoms with Crippen LogP contribution in [0, 0.1) is 0 Å². The molecule has 0 aliphatic carbocycles. The van der Waals surface area contributed by atoms with E-state index in [0.29, 0.717) is 17.9 Å². The molecule has 29 heavy (non-hydrogen) atoms. The Kier molecular flexibility index (Phi) is 7.59. The molecule has 0 aliphatic heterocycles. The SMILES string of the molecule is CC[C@H](Oc1ccccc1OC)C(=O)Nc1cc(C(=O)OC)ccc1C(=O)OC. The van der Waals surface area contributed by atoms with Gasteiger partial charge in [0.05, 0.1) is 38.1 Å². The van der Waals surface area contributed by atoms with Crippen LogP contribution in [0.2, 0.25) is 0 Å². The van der Waals surface area contributed by atoms with Gasteiger partial charge in [-0.05, 0) is 36.8 Å². The minimum Gasteiger partial charge on any atom is -0.493 e. The number of amides is 1. The highest BCUT2D eigenvalue weighted by atomic mass is 16.5. The fourth-order valence-electron chi connectivity index (χ4n) is 2.59. The summed E-state index contributed by atoms with van der Waals surface area (Å²) < 4.78 is 20.5. The van der Waals surface area contributed by atoms with Crippen LogP contribution in [-0.2, 0) is 14.3 Å². The Bertz CT molecular complexity index is 894. The van der Waals surface area contributed by atoms with Gasteiger partial charge in [0.2, 0.25) is 0 Å². The molecule has 154 valence electrons. The van der Waals surface area contributed by atoms with Crippen LogP contribution in [-0.4, -0.2) is 45.3 Å². The number of hydrogen-bond acceptors (Lipinski definition) is 7. The average molecular weight is 401 g/mol. The number of para-hydroxylation sites is 2. The highest BCUT2D eigenvalue weighted by Gasteiger charge is 2.23. The molecular formula is C21H23NO7. The van der Waals surface area contributed by atoms with Crippen molar-refractivity contribution in [3.05, 3.63) is 53.6 Å². The van der Waals surface area contributed by atoms with Gasteiger partial charge in [-0.1, -0.05) is 19.1 Å². The number of esters is 2. The van der Waals surface area contributed by atoms with E-state index in [1.165, 1.54) is 39.5 Å². The van der Waals surface area contributed by atoms with Crippen LogP contribution in [0.5, 0.6) is 11.5 Å². The molecule has 0 aromatic heterocycles. The Morgan fingerprint density at radius 1 is 0.931 bits per heavy atom. The minimum atomic E-state index is -0.862. The number of methoxy groups -OCH3 is 3. The first-order valence-electron chi connectivity index (χ1n) is 8.86. The maximum Gasteiger partial charge on any atom is 0.339 e. The van der Waals surface area contributed by atoms with E-state index in [9.17, 15) is 14.4 Å². The summed E-state index contributed by atoms with van der Waals surface area (Å²) in [7, 11) is 3.97. The van der Waals surface area contributed by atoms with Crippen molar-refractivity contribution in [3.8, 4) is 11.5 Å². The topological polar surface area (TPSA) is 100 Å². The smallest absolute Gasteiger partial charge is 0.339 e. The lowest BCUT2D eigenvalue weighted by molar-refractivity contribution is -0.122. The summed E-state index contributed by atoms with van der Waals surface area (Å²) in [5.41, 5.74) is 0.390. The molecule has 0 unspecified atom stereocenters. The molecule has 0 saturated heterocycles. The Balaban J connectivity index is 2.30. The molecule has 1 N–H and O–H groups in total. The van der Waals surface area contributed by atoms with Gasteiger partial charge in [0.15, 0.2) is 17.6 Å². The fourth-order valence-corrected chi connectivity index (χ4v) is 2.59. The van der Waals surface area contributed by atoms with Gasteiger partial charge >= 0.3 is 11.9 Å². The molecule has 2 aromatic rings. The van der Waals surface area contributed by atoms with E-state index in [1.54, 1.807) is 31.2 Å². The minimum absolute atomic E-state index is 0.0978. The van der Waals surface area contributed by atoms with Gasteiger partial charge in [-0.25, -0.2) is 9.59 Å². The first kappa shape index (κ1) is 21.7. The molecule has 8 heteroatoms. The zero-order chi connectivity index (χ0) is 21.4. The highest BCUT2D eigenvalue weighted by molar-refractivity contribution is 6.04. The molecule has 0 aliphatic rings. The molecule has 1 atom stereocenters. The number of ether oxygens (including phenoxy) is 4. The summed E-state index contributed by atoms with van der Waals surface area (Å²) in [6.07, 6.45) is -0.507. The maximum absolute atomic E-state index is 12.8. The molecule has 8 nitrogen and oxygen atoms in total. The molecule has 0 spiro atoms. The molecule has 0 fully saturated rings. The van der Waals surface area contributed by atoms with Crippen molar-refractivity contribution < 1.29 is 33.3 Å². The Hall–Kier alpha value is -3.55. The van der Waals surface area contributed by atoms with Crippen LogP contribution >= 0.6 is 0 Å². The number of rotatable bonds is 8. The van der Waals surface area contributed by atoms with Crippen molar-refractivity contribution in [1.82, 2.24) is 0 Å². The summed E-state index contributed by atoms with van der Waals surface area (Å²) in [5.74, 6) is -0.856. The highest BCUT2D eigenvalue weighted by Crippen LogP contribution is 2.28. The summed E-state index contributed by atoms with van der Waals surface area (Å²) in [6, 6.07) is 11.1. The van der Waals surface area contributed by atoms with Crippen LogP contribution < -0.4 is 14.8 Å². The van der Waals surface area contributed by atoms with Crippen LogP contribution in [0.15, 0.2) is 42.5 Å². The third kappa shape index (κ3) is 5.25. The zero-order valence-corrected chi connectivity index (χ0v) is 16.7. The van der Waals surface area contributed by atoms with Crippen molar-refractivity contribution in [1.29, 1.82) is 0 Å².